The Labute approximate surface area is 317 Å². The van der Waals surface area contributed by atoms with E-state index in [0.29, 0.717) is 12.3 Å². The van der Waals surface area contributed by atoms with Crippen molar-refractivity contribution in [3.8, 4) is 22.3 Å². The Morgan fingerprint density at radius 3 is 1.73 bits per heavy atom. The van der Waals surface area contributed by atoms with Crippen molar-refractivity contribution in [3.63, 3.8) is 0 Å². The summed E-state index contributed by atoms with van der Waals surface area (Å²) in [4.78, 5) is 10.6. The Hall–Kier alpha value is -7.30. The van der Waals surface area contributed by atoms with Crippen LogP contribution in [0.4, 0.5) is 0 Å². The van der Waals surface area contributed by atoms with Crippen molar-refractivity contribution in [2.24, 2.45) is 9.98 Å². The van der Waals surface area contributed by atoms with E-state index in [9.17, 15) is 0 Å². The van der Waals surface area contributed by atoms with Crippen LogP contribution in [0.15, 0.2) is 201 Å². The van der Waals surface area contributed by atoms with Crippen LogP contribution in [-0.4, -0.2) is 11.5 Å². The summed E-state index contributed by atoms with van der Waals surface area (Å²) in [5.74, 6) is 0.662. The van der Waals surface area contributed by atoms with Crippen LogP contribution < -0.4 is 0 Å². The third kappa shape index (κ3) is 5.38. The van der Waals surface area contributed by atoms with E-state index in [4.69, 9.17) is 18.8 Å². The molecular weight excluding hydrogens is 673 g/mol. The molecule has 0 atom stereocenters. The maximum atomic E-state index is 6.60. The number of allylic oxidation sites excluding steroid dienone is 1. The molecule has 8 aromatic carbocycles. The minimum absolute atomic E-state index is 0.657. The predicted molar refractivity (Wildman–Crippen MR) is 228 cm³/mol. The summed E-state index contributed by atoms with van der Waals surface area (Å²) in [6, 6.07) is 61.3. The number of hydrogen-bond acceptors (Lipinski definition) is 4. The lowest BCUT2D eigenvalue weighted by molar-refractivity contribution is 0.668. The van der Waals surface area contributed by atoms with Gasteiger partial charge >= 0.3 is 0 Å². The first-order valence-electron chi connectivity index (χ1n) is 18.6. The molecule has 258 valence electrons. The molecule has 3 heterocycles. The first-order chi connectivity index (χ1) is 27.2. The van der Waals surface area contributed by atoms with Crippen LogP contribution in [0.3, 0.4) is 0 Å². The van der Waals surface area contributed by atoms with Gasteiger partial charge in [0.25, 0.3) is 0 Å². The predicted octanol–water partition coefficient (Wildman–Crippen LogP) is 13.7. The fraction of sp³-hybridized carbons (Fsp3) is 0.0196. The topological polar surface area (TPSA) is 51.0 Å². The van der Waals surface area contributed by atoms with Crippen LogP contribution in [0.25, 0.3) is 82.6 Å². The van der Waals surface area contributed by atoms with Crippen molar-refractivity contribution < 1.29 is 8.83 Å². The average Bonchev–Trinajstić information content (AvgIpc) is 3.74. The highest BCUT2D eigenvalue weighted by Gasteiger charge is 2.20. The van der Waals surface area contributed by atoms with Gasteiger partial charge < -0.3 is 8.83 Å². The molecule has 0 N–H and O–H groups in total. The molecule has 0 spiro atoms. The number of hydrogen-bond donors (Lipinski definition) is 0. The van der Waals surface area contributed by atoms with Crippen LogP contribution in [0.1, 0.15) is 23.1 Å². The van der Waals surface area contributed by atoms with Gasteiger partial charge in [-0.2, -0.15) is 0 Å². The van der Waals surface area contributed by atoms with E-state index >= 15 is 0 Å². The Morgan fingerprint density at radius 2 is 0.982 bits per heavy atom. The van der Waals surface area contributed by atoms with Gasteiger partial charge in [0, 0.05) is 33.5 Å². The third-order valence-electron chi connectivity index (χ3n) is 10.8. The molecule has 4 nitrogen and oxygen atoms in total. The van der Waals surface area contributed by atoms with Gasteiger partial charge in [-0.15, -0.1) is 0 Å². The fourth-order valence-electron chi connectivity index (χ4n) is 8.05. The first kappa shape index (κ1) is 31.2. The van der Waals surface area contributed by atoms with Gasteiger partial charge in [-0.25, -0.2) is 9.98 Å². The Morgan fingerprint density at radius 1 is 0.382 bits per heavy atom. The molecule has 0 unspecified atom stereocenters. The lowest BCUT2D eigenvalue weighted by atomic mass is 9.99. The number of amidine groups is 1. The van der Waals surface area contributed by atoms with Gasteiger partial charge in [-0.3, -0.25) is 0 Å². The maximum absolute atomic E-state index is 6.60. The molecule has 55 heavy (non-hydrogen) atoms. The van der Waals surface area contributed by atoms with Crippen molar-refractivity contribution >= 4 is 71.9 Å². The Kier molecular flexibility index (Phi) is 7.20. The molecule has 4 heteroatoms. The molecular formula is C51H32N2O2. The quantitative estimate of drug-likeness (QED) is 0.179. The molecule has 11 rings (SSSR count). The number of benzene rings is 8. The number of furan rings is 2. The van der Waals surface area contributed by atoms with E-state index in [1.165, 1.54) is 21.9 Å². The van der Waals surface area contributed by atoms with Crippen LogP contribution in [0.2, 0.25) is 0 Å². The highest BCUT2D eigenvalue weighted by Crippen LogP contribution is 2.39. The standard InChI is InChI=1S/C51H32N2O2/c1-3-10-32(11-4-1)33-18-20-36(21-19-33)44-28-27-43(35-13-5-2-6-14-35)52-51(53-44)42-16-9-17-45-50(42)41-26-23-38(31-48(41)54-45)37-22-25-40-47(30-37)55-46-29-24-34-12-7-8-15-39(34)49(40)46/h1-26,28-31H,27H2. The van der Waals surface area contributed by atoms with Crippen LogP contribution in [-0.2, 0) is 0 Å². The van der Waals surface area contributed by atoms with Gasteiger partial charge in [0.15, 0.2) is 5.84 Å². The highest BCUT2D eigenvalue weighted by atomic mass is 16.3. The normalized spacial score (nSPS) is 13.3. The zero-order chi connectivity index (χ0) is 36.3. The summed E-state index contributed by atoms with van der Waals surface area (Å²) in [7, 11) is 0. The lowest BCUT2D eigenvalue weighted by Gasteiger charge is -2.08. The van der Waals surface area contributed by atoms with E-state index in [0.717, 1.165) is 83.1 Å². The zero-order valence-corrected chi connectivity index (χ0v) is 29.7. The molecule has 1 aliphatic heterocycles. The maximum Gasteiger partial charge on any atom is 0.160 e. The molecule has 2 aromatic heterocycles. The second-order valence-corrected chi connectivity index (χ2v) is 14.1. The minimum atomic E-state index is 0.657. The van der Waals surface area contributed by atoms with Gasteiger partial charge in [0.2, 0.25) is 0 Å². The van der Waals surface area contributed by atoms with E-state index in [-0.39, 0.29) is 0 Å². The first-order valence-corrected chi connectivity index (χ1v) is 18.6. The zero-order valence-electron chi connectivity index (χ0n) is 29.7. The molecule has 1 aliphatic rings. The molecule has 0 aliphatic carbocycles. The van der Waals surface area contributed by atoms with Crippen molar-refractivity contribution in [2.75, 3.05) is 0 Å². The lowest BCUT2D eigenvalue weighted by Crippen LogP contribution is -2.05. The third-order valence-corrected chi connectivity index (χ3v) is 10.8. The summed E-state index contributed by atoms with van der Waals surface area (Å²) in [6.07, 6.45) is 2.85. The molecule has 0 radical (unpaired) electrons. The second-order valence-electron chi connectivity index (χ2n) is 14.1. The second kappa shape index (κ2) is 12.7. The van der Waals surface area contributed by atoms with E-state index < -0.39 is 0 Å². The summed E-state index contributed by atoms with van der Waals surface area (Å²) in [5.41, 5.74) is 12.8. The van der Waals surface area contributed by atoms with Crippen molar-refractivity contribution in [1.29, 1.82) is 0 Å². The summed E-state index contributed by atoms with van der Waals surface area (Å²) in [6.45, 7) is 0. The summed E-state index contributed by atoms with van der Waals surface area (Å²) in [5, 5.41) is 6.70. The van der Waals surface area contributed by atoms with Crippen LogP contribution in [0, 0.1) is 0 Å². The number of aliphatic imine (C=N–C) groups is 2. The molecule has 0 saturated heterocycles. The van der Waals surface area contributed by atoms with Gasteiger partial charge in [-0.05, 0) is 80.6 Å². The van der Waals surface area contributed by atoms with Gasteiger partial charge in [0.1, 0.15) is 22.3 Å². The minimum Gasteiger partial charge on any atom is -0.456 e. The van der Waals surface area contributed by atoms with Crippen molar-refractivity contribution in [1.82, 2.24) is 0 Å². The van der Waals surface area contributed by atoms with E-state index in [1.54, 1.807) is 0 Å². The SMILES string of the molecule is C1=C(c2ccc(-c3ccccc3)cc2)N=C(c2cccc3oc4cc(-c5ccc6c(c5)oc5ccc7ccccc7c56)ccc4c23)N=C(c2ccccc2)C1. The number of rotatable bonds is 5. The largest absolute Gasteiger partial charge is 0.456 e. The van der Waals surface area contributed by atoms with E-state index in [1.807, 2.05) is 24.3 Å². The Bertz CT molecular complexity index is 3200. The van der Waals surface area contributed by atoms with Crippen LogP contribution in [0.5, 0.6) is 0 Å². The smallest absolute Gasteiger partial charge is 0.160 e. The highest BCUT2D eigenvalue weighted by molar-refractivity contribution is 6.23. The molecule has 0 saturated carbocycles. The van der Waals surface area contributed by atoms with Crippen molar-refractivity contribution in [3.05, 3.63) is 199 Å². The molecule has 0 amide bonds. The summed E-state index contributed by atoms with van der Waals surface area (Å²) >= 11 is 0. The molecule has 10 aromatic rings. The van der Waals surface area contributed by atoms with Gasteiger partial charge in [-0.1, -0.05) is 146 Å². The number of fused-ring (bicyclic) bond motifs is 8. The van der Waals surface area contributed by atoms with E-state index in [2.05, 4.69) is 158 Å². The Balaban J connectivity index is 1.02. The summed E-state index contributed by atoms with van der Waals surface area (Å²) < 4.78 is 13.0. The van der Waals surface area contributed by atoms with Crippen LogP contribution >= 0.6 is 0 Å². The molecule has 0 bridgehead atoms. The van der Waals surface area contributed by atoms with Crippen molar-refractivity contribution in [2.45, 2.75) is 6.42 Å². The fourth-order valence-corrected chi connectivity index (χ4v) is 8.05. The number of nitrogens with zero attached hydrogens (tertiary/aromatic N) is 2. The van der Waals surface area contributed by atoms with Gasteiger partial charge in [0.05, 0.1) is 11.4 Å². The molecule has 0 fully saturated rings. The average molecular weight is 705 g/mol. The monoisotopic (exact) mass is 704 g/mol.